The fourth-order valence-electron chi connectivity index (χ4n) is 3.21. The Balaban J connectivity index is 1.63. The molecule has 1 saturated heterocycles. The fourth-order valence-corrected chi connectivity index (χ4v) is 5.69. The van der Waals surface area contributed by atoms with E-state index in [9.17, 15) is 13.2 Å². The summed E-state index contributed by atoms with van der Waals surface area (Å²) >= 11 is 1.65. The summed E-state index contributed by atoms with van der Waals surface area (Å²) in [6.07, 6.45) is 3.19. The topological polar surface area (TPSA) is 57.7 Å². The molecule has 0 spiro atoms. The Kier molecular flexibility index (Phi) is 6.34. The number of amides is 1. The first kappa shape index (κ1) is 20.0. The number of hydrogen-bond donors (Lipinski definition) is 0. The third-order valence-electron chi connectivity index (χ3n) is 5.01. The van der Waals surface area contributed by atoms with E-state index >= 15 is 0 Å². The van der Waals surface area contributed by atoms with Crippen molar-refractivity contribution in [1.82, 2.24) is 9.21 Å². The van der Waals surface area contributed by atoms with Gasteiger partial charge in [0.15, 0.2) is 0 Å². The number of hydrogen-bond acceptors (Lipinski definition) is 4. The van der Waals surface area contributed by atoms with Crippen molar-refractivity contribution in [1.29, 1.82) is 0 Å². The molecule has 0 bridgehead atoms. The van der Waals surface area contributed by atoms with Crippen LogP contribution in [0, 0.1) is 6.92 Å². The zero-order valence-corrected chi connectivity index (χ0v) is 17.5. The van der Waals surface area contributed by atoms with Crippen LogP contribution >= 0.6 is 11.3 Å². The van der Waals surface area contributed by atoms with E-state index in [-0.39, 0.29) is 12.3 Å². The van der Waals surface area contributed by atoms with Crippen LogP contribution in [0.25, 0.3) is 0 Å². The summed E-state index contributed by atoms with van der Waals surface area (Å²) in [7, 11) is -1.62. The van der Waals surface area contributed by atoms with Gasteiger partial charge in [-0.05, 0) is 54.5 Å². The normalized spacial score (nSPS) is 15.6. The summed E-state index contributed by atoms with van der Waals surface area (Å²) in [5, 5.41) is 2.03. The zero-order valence-electron chi connectivity index (χ0n) is 15.8. The maximum atomic E-state index is 12.7. The van der Waals surface area contributed by atoms with Crippen LogP contribution in [-0.4, -0.2) is 43.7 Å². The van der Waals surface area contributed by atoms with Gasteiger partial charge in [0.1, 0.15) is 0 Å². The summed E-state index contributed by atoms with van der Waals surface area (Å²) < 4.78 is 26.9. The van der Waals surface area contributed by atoms with E-state index in [0.29, 0.717) is 24.5 Å². The molecule has 0 unspecified atom stereocenters. The van der Waals surface area contributed by atoms with Gasteiger partial charge in [-0.25, -0.2) is 8.42 Å². The first-order valence-electron chi connectivity index (χ1n) is 9.24. The van der Waals surface area contributed by atoms with E-state index in [2.05, 4.69) is 6.07 Å². The summed E-state index contributed by atoms with van der Waals surface area (Å²) in [4.78, 5) is 15.7. The van der Waals surface area contributed by atoms with Crippen molar-refractivity contribution in [3.63, 3.8) is 0 Å². The van der Waals surface area contributed by atoms with Crippen LogP contribution in [0.2, 0.25) is 0 Å². The lowest BCUT2D eigenvalue weighted by Gasteiger charge is -2.25. The summed E-state index contributed by atoms with van der Waals surface area (Å²) in [6, 6.07) is 8.80. The molecule has 2 heterocycles. The van der Waals surface area contributed by atoms with Crippen molar-refractivity contribution in [2.45, 2.75) is 44.0 Å². The number of carbonyl (C=O) groups is 1. The molecule has 0 N–H and O–H groups in total. The number of piperidine rings is 1. The Morgan fingerprint density at radius 3 is 2.37 bits per heavy atom. The van der Waals surface area contributed by atoms with E-state index in [0.717, 1.165) is 24.8 Å². The molecule has 1 aromatic carbocycles. The molecule has 5 nitrogen and oxygen atoms in total. The average molecular weight is 407 g/mol. The highest BCUT2D eigenvalue weighted by molar-refractivity contribution is 7.89. The number of sulfonamides is 1. The SMILES string of the molecule is Cc1ccsc1CN(C)C(=O)Cc1ccc(S(=O)(=O)N2CCCCC2)cc1. The molecule has 1 aliphatic rings. The molecule has 146 valence electrons. The van der Waals surface area contributed by atoms with Gasteiger partial charge in [0, 0.05) is 25.0 Å². The largest absolute Gasteiger partial charge is 0.340 e. The standard InChI is InChI=1S/C20H26N2O3S2/c1-16-10-13-26-19(16)15-21(2)20(23)14-17-6-8-18(9-7-17)27(24,25)22-11-4-3-5-12-22/h6-10,13H,3-5,11-12,14-15H2,1-2H3. The number of nitrogens with zero attached hydrogens (tertiary/aromatic N) is 2. The van der Waals surface area contributed by atoms with Crippen molar-refractivity contribution in [3.05, 3.63) is 51.7 Å². The second kappa shape index (κ2) is 8.54. The van der Waals surface area contributed by atoms with Crippen molar-refractivity contribution in [3.8, 4) is 0 Å². The average Bonchev–Trinajstić information content (AvgIpc) is 3.07. The van der Waals surface area contributed by atoms with Crippen LogP contribution < -0.4 is 0 Å². The van der Waals surface area contributed by atoms with Gasteiger partial charge in [-0.15, -0.1) is 11.3 Å². The van der Waals surface area contributed by atoms with E-state index in [1.165, 1.54) is 10.4 Å². The molecule has 0 aliphatic carbocycles. The lowest BCUT2D eigenvalue weighted by atomic mass is 10.1. The Hall–Kier alpha value is -1.70. The van der Waals surface area contributed by atoms with Crippen LogP contribution in [0.4, 0.5) is 0 Å². The maximum absolute atomic E-state index is 12.7. The van der Waals surface area contributed by atoms with E-state index in [1.54, 1.807) is 51.9 Å². The molecule has 3 rings (SSSR count). The molecular weight excluding hydrogens is 380 g/mol. The van der Waals surface area contributed by atoms with Gasteiger partial charge in [-0.2, -0.15) is 4.31 Å². The van der Waals surface area contributed by atoms with Crippen LogP contribution in [0.3, 0.4) is 0 Å². The van der Waals surface area contributed by atoms with Crippen LogP contribution in [0.15, 0.2) is 40.6 Å². The van der Waals surface area contributed by atoms with Crippen molar-refractivity contribution >= 4 is 27.3 Å². The van der Waals surface area contributed by atoms with E-state index in [4.69, 9.17) is 0 Å². The van der Waals surface area contributed by atoms with Gasteiger partial charge in [-0.1, -0.05) is 18.6 Å². The lowest BCUT2D eigenvalue weighted by Crippen LogP contribution is -2.35. The van der Waals surface area contributed by atoms with Crippen molar-refractivity contribution in [2.24, 2.45) is 0 Å². The monoisotopic (exact) mass is 406 g/mol. The molecule has 27 heavy (non-hydrogen) atoms. The summed E-state index contributed by atoms with van der Waals surface area (Å²) in [5.41, 5.74) is 2.03. The minimum Gasteiger partial charge on any atom is -0.340 e. The number of carbonyl (C=O) groups excluding carboxylic acids is 1. The number of likely N-dealkylation sites (N-methyl/N-ethyl adjacent to an activating group) is 1. The van der Waals surface area contributed by atoms with Crippen LogP contribution in [0.5, 0.6) is 0 Å². The lowest BCUT2D eigenvalue weighted by molar-refractivity contribution is -0.129. The van der Waals surface area contributed by atoms with Gasteiger partial charge in [0.2, 0.25) is 15.9 Å². The van der Waals surface area contributed by atoms with Gasteiger partial charge in [0.25, 0.3) is 0 Å². The first-order chi connectivity index (χ1) is 12.9. The summed E-state index contributed by atoms with van der Waals surface area (Å²) in [6.45, 7) is 3.83. The predicted molar refractivity (Wildman–Crippen MR) is 108 cm³/mol. The Morgan fingerprint density at radius 2 is 1.78 bits per heavy atom. The predicted octanol–water partition coefficient (Wildman–Crippen LogP) is 3.43. The van der Waals surface area contributed by atoms with Crippen LogP contribution in [0.1, 0.15) is 35.3 Å². The van der Waals surface area contributed by atoms with Crippen molar-refractivity contribution in [2.75, 3.05) is 20.1 Å². The van der Waals surface area contributed by atoms with Gasteiger partial charge in [0.05, 0.1) is 17.9 Å². The first-order valence-corrected chi connectivity index (χ1v) is 11.6. The molecule has 0 atom stereocenters. The molecule has 1 fully saturated rings. The third kappa shape index (κ3) is 4.78. The zero-order chi connectivity index (χ0) is 19.4. The Labute approximate surface area is 165 Å². The minimum atomic E-state index is -3.42. The molecule has 0 radical (unpaired) electrons. The number of aryl methyl sites for hydroxylation is 1. The van der Waals surface area contributed by atoms with Gasteiger partial charge >= 0.3 is 0 Å². The van der Waals surface area contributed by atoms with Gasteiger partial charge in [-0.3, -0.25) is 4.79 Å². The highest BCUT2D eigenvalue weighted by Gasteiger charge is 2.25. The molecule has 0 saturated carbocycles. The number of rotatable bonds is 6. The number of benzene rings is 1. The number of thiophene rings is 1. The molecule has 1 aliphatic heterocycles. The molecular formula is C20H26N2O3S2. The Bertz CT molecular complexity index is 882. The molecule has 1 amide bonds. The van der Waals surface area contributed by atoms with Crippen molar-refractivity contribution < 1.29 is 13.2 Å². The van der Waals surface area contributed by atoms with E-state index < -0.39 is 10.0 Å². The third-order valence-corrected chi connectivity index (χ3v) is 7.93. The molecule has 7 heteroatoms. The van der Waals surface area contributed by atoms with Crippen LogP contribution in [-0.2, 0) is 27.8 Å². The fraction of sp³-hybridized carbons (Fsp3) is 0.450. The summed E-state index contributed by atoms with van der Waals surface area (Å²) in [5.74, 6) is 0.0226. The quantitative estimate of drug-likeness (QED) is 0.738. The minimum absolute atomic E-state index is 0.0226. The smallest absolute Gasteiger partial charge is 0.243 e. The van der Waals surface area contributed by atoms with E-state index in [1.807, 2.05) is 12.3 Å². The highest BCUT2D eigenvalue weighted by Crippen LogP contribution is 2.21. The second-order valence-electron chi connectivity index (χ2n) is 7.06. The molecule has 1 aromatic heterocycles. The molecule has 2 aromatic rings. The maximum Gasteiger partial charge on any atom is 0.243 e. The second-order valence-corrected chi connectivity index (χ2v) is 10.0. The Morgan fingerprint density at radius 1 is 1.11 bits per heavy atom. The highest BCUT2D eigenvalue weighted by atomic mass is 32.2. The van der Waals surface area contributed by atoms with Gasteiger partial charge < -0.3 is 4.90 Å².